The van der Waals surface area contributed by atoms with Crippen molar-refractivity contribution in [1.82, 2.24) is 16.2 Å². The van der Waals surface area contributed by atoms with Crippen LogP contribution in [0.5, 0.6) is 0 Å². The van der Waals surface area contributed by atoms with E-state index < -0.39 is 35.4 Å². The number of halogens is 2. The number of hydrogen-bond acceptors (Lipinski definition) is 3. The first-order chi connectivity index (χ1) is 12.8. The first-order valence-electron chi connectivity index (χ1n) is 8.21. The van der Waals surface area contributed by atoms with E-state index in [1.807, 2.05) is 0 Å². The van der Waals surface area contributed by atoms with Gasteiger partial charge in [0.1, 0.15) is 17.7 Å². The summed E-state index contributed by atoms with van der Waals surface area (Å²) in [5.74, 6) is -4.14. The molecule has 0 saturated carbocycles. The van der Waals surface area contributed by atoms with Crippen LogP contribution < -0.4 is 16.2 Å². The van der Waals surface area contributed by atoms with Gasteiger partial charge in [-0.25, -0.2) is 8.78 Å². The first kappa shape index (κ1) is 20.0. The van der Waals surface area contributed by atoms with Crippen molar-refractivity contribution in [2.75, 3.05) is 0 Å². The highest BCUT2D eigenvalue weighted by Crippen LogP contribution is 2.09. The van der Waals surface area contributed by atoms with E-state index in [1.54, 1.807) is 13.8 Å². The van der Waals surface area contributed by atoms with Crippen LogP contribution in [0.2, 0.25) is 0 Å². The molecule has 0 aromatic heterocycles. The van der Waals surface area contributed by atoms with Crippen LogP contribution in [0.25, 0.3) is 0 Å². The van der Waals surface area contributed by atoms with Gasteiger partial charge in [0.25, 0.3) is 17.7 Å². The van der Waals surface area contributed by atoms with Crippen molar-refractivity contribution in [2.45, 2.75) is 19.9 Å². The third-order valence-corrected chi connectivity index (χ3v) is 3.77. The van der Waals surface area contributed by atoms with Gasteiger partial charge < -0.3 is 5.32 Å². The van der Waals surface area contributed by atoms with E-state index in [9.17, 15) is 23.2 Å². The number of benzene rings is 2. The Morgan fingerprint density at radius 1 is 0.778 bits per heavy atom. The summed E-state index contributed by atoms with van der Waals surface area (Å²) in [5, 5.41) is 2.43. The Balaban J connectivity index is 2.03. The highest BCUT2D eigenvalue weighted by atomic mass is 19.1. The van der Waals surface area contributed by atoms with Crippen LogP contribution in [0.15, 0.2) is 48.5 Å². The van der Waals surface area contributed by atoms with Gasteiger partial charge >= 0.3 is 0 Å². The van der Waals surface area contributed by atoms with Crippen LogP contribution in [-0.2, 0) is 4.79 Å². The molecule has 0 saturated heterocycles. The Morgan fingerprint density at radius 3 is 1.74 bits per heavy atom. The van der Waals surface area contributed by atoms with Crippen LogP contribution in [0.3, 0.4) is 0 Å². The smallest absolute Gasteiger partial charge is 0.272 e. The molecule has 0 unspecified atom stereocenters. The maximum absolute atomic E-state index is 13.7. The number of carbonyl (C=O) groups excluding carboxylic acids is 3. The van der Waals surface area contributed by atoms with E-state index in [1.165, 1.54) is 36.4 Å². The van der Waals surface area contributed by atoms with Crippen molar-refractivity contribution >= 4 is 17.7 Å². The van der Waals surface area contributed by atoms with Gasteiger partial charge in [-0.1, -0.05) is 38.1 Å². The second kappa shape index (κ2) is 8.88. The fraction of sp³-hybridized carbons (Fsp3) is 0.211. The van der Waals surface area contributed by atoms with Crippen molar-refractivity contribution in [2.24, 2.45) is 5.92 Å². The minimum atomic E-state index is -1.04. The standard InChI is InChI=1S/C19H19F2N3O3/c1-11(2)16(22-17(25)12-7-3-5-9-14(12)20)19(27)24-23-18(26)13-8-4-6-10-15(13)21/h3-11,16H,1-2H3,(H,22,25)(H,23,26)(H,24,27)/t16-/m0/s1. The lowest BCUT2D eigenvalue weighted by Gasteiger charge is -2.22. The van der Waals surface area contributed by atoms with Crippen LogP contribution in [-0.4, -0.2) is 23.8 Å². The summed E-state index contributed by atoms with van der Waals surface area (Å²) >= 11 is 0. The molecule has 142 valence electrons. The monoisotopic (exact) mass is 375 g/mol. The summed E-state index contributed by atoms with van der Waals surface area (Å²) in [6.07, 6.45) is 0. The van der Waals surface area contributed by atoms with Crippen molar-refractivity contribution in [3.05, 3.63) is 71.3 Å². The lowest BCUT2D eigenvalue weighted by molar-refractivity contribution is -0.124. The molecular formula is C19H19F2N3O3. The second-order valence-corrected chi connectivity index (χ2v) is 6.10. The molecule has 0 bridgehead atoms. The van der Waals surface area contributed by atoms with Crippen molar-refractivity contribution in [3.63, 3.8) is 0 Å². The molecule has 2 aromatic rings. The first-order valence-corrected chi connectivity index (χ1v) is 8.21. The van der Waals surface area contributed by atoms with Gasteiger partial charge in [0.15, 0.2) is 0 Å². The van der Waals surface area contributed by atoms with Crippen molar-refractivity contribution < 1.29 is 23.2 Å². The summed E-state index contributed by atoms with van der Waals surface area (Å²) in [6.45, 7) is 3.34. The molecule has 0 aliphatic rings. The van der Waals surface area contributed by atoms with Crippen LogP contribution >= 0.6 is 0 Å². The van der Waals surface area contributed by atoms with Gasteiger partial charge in [-0.05, 0) is 30.2 Å². The predicted molar refractivity (Wildman–Crippen MR) is 94.5 cm³/mol. The lowest BCUT2D eigenvalue weighted by atomic mass is 10.0. The normalized spacial score (nSPS) is 11.6. The lowest BCUT2D eigenvalue weighted by Crippen LogP contribution is -2.54. The minimum absolute atomic E-state index is 0.202. The number of rotatable bonds is 5. The summed E-state index contributed by atoms with van der Waals surface area (Å²) < 4.78 is 27.3. The molecule has 0 aliphatic heterocycles. The van der Waals surface area contributed by atoms with E-state index >= 15 is 0 Å². The molecular weight excluding hydrogens is 356 g/mol. The van der Waals surface area contributed by atoms with Crippen molar-refractivity contribution in [3.8, 4) is 0 Å². The van der Waals surface area contributed by atoms with Crippen LogP contribution in [0, 0.1) is 17.6 Å². The maximum atomic E-state index is 13.7. The Morgan fingerprint density at radius 2 is 1.26 bits per heavy atom. The largest absolute Gasteiger partial charge is 0.340 e. The summed E-state index contributed by atoms with van der Waals surface area (Å²) in [5.41, 5.74) is 3.80. The zero-order chi connectivity index (χ0) is 20.0. The zero-order valence-electron chi connectivity index (χ0n) is 14.8. The Labute approximate surface area is 154 Å². The topological polar surface area (TPSA) is 87.3 Å². The quantitative estimate of drug-likeness (QED) is 0.700. The molecule has 0 heterocycles. The van der Waals surface area contributed by atoms with E-state index in [0.717, 1.165) is 12.1 Å². The Bertz CT molecular complexity index is 856. The van der Waals surface area contributed by atoms with E-state index in [4.69, 9.17) is 0 Å². The molecule has 3 amide bonds. The second-order valence-electron chi connectivity index (χ2n) is 6.10. The van der Waals surface area contributed by atoms with Gasteiger partial charge in [-0.2, -0.15) is 0 Å². The SMILES string of the molecule is CC(C)[C@H](NC(=O)c1ccccc1F)C(=O)NNC(=O)c1ccccc1F. The number of nitrogens with one attached hydrogen (secondary N) is 3. The molecule has 1 atom stereocenters. The van der Waals surface area contributed by atoms with Crippen molar-refractivity contribution in [1.29, 1.82) is 0 Å². The Kier molecular flexibility index (Phi) is 6.59. The molecule has 2 aromatic carbocycles. The third-order valence-electron chi connectivity index (χ3n) is 3.77. The maximum Gasteiger partial charge on any atom is 0.272 e. The fourth-order valence-electron chi connectivity index (χ4n) is 2.31. The van der Waals surface area contributed by atoms with E-state index in [2.05, 4.69) is 16.2 Å². The zero-order valence-corrected chi connectivity index (χ0v) is 14.8. The van der Waals surface area contributed by atoms with Gasteiger partial charge in [-0.15, -0.1) is 0 Å². The summed E-state index contributed by atoms with van der Waals surface area (Å²) in [4.78, 5) is 36.5. The number of amides is 3. The van der Waals surface area contributed by atoms with Gasteiger partial charge in [0, 0.05) is 0 Å². The van der Waals surface area contributed by atoms with Gasteiger partial charge in [0.2, 0.25) is 0 Å². The number of hydrazine groups is 1. The highest BCUT2D eigenvalue weighted by Gasteiger charge is 2.26. The van der Waals surface area contributed by atoms with Crippen LogP contribution in [0.4, 0.5) is 8.78 Å². The molecule has 27 heavy (non-hydrogen) atoms. The summed E-state index contributed by atoms with van der Waals surface area (Å²) in [6, 6.07) is 9.60. The van der Waals surface area contributed by atoms with Gasteiger partial charge in [-0.3, -0.25) is 25.2 Å². The average Bonchev–Trinajstić information content (AvgIpc) is 2.64. The molecule has 0 fully saturated rings. The summed E-state index contributed by atoms with van der Waals surface area (Å²) in [7, 11) is 0. The molecule has 3 N–H and O–H groups in total. The molecule has 0 aliphatic carbocycles. The number of carbonyl (C=O) groups is 3. The molecule has 0 spiro atoms. The van der Waals surface area contributed by atoms with E-state index in [0.29, 0.717) is 0 Å². The predicted octanol–water partition coefficient (Wildman–Crippen LogP) is 2.18. The van der Waals surface area contributed by atoms with E-state index in [-0.39, 0.29) is 17.0 Å². The number of hydrogen-bond donors (Lipinski definition) is 3. The average molecular weight is 375 g/mol. The molecule has 6 nitrogen and oxygen atoms in total. The fourth-order valence-corrected chi connectivity index (χ4v) is 2.31. The molecule has 8 heteroatoms. The molecule has 2 rings (SSSR count). The third kappa shape index (κ3) is 5.10. The highest BCUT2D eigenvalue weighted by molar-refractivity contribution is 5.99. The van der Waals surface area contributed by atoms with Gasteiger partial charge in [0.05, 0.1) is 11.1 Å². The molecule has 0 radical (unpaired) electrons. The Hall–Kier alpha value is -3.29. The van der Waals surface area contributed by atoms with Crippen LogP contribution in [0.1, 0.15) is 34.6 Å². The minimum Gasteiger partial charge on any atom is -0.340 e.